The number of H-pyrrole nitrogens is 2. The van der Waals surface area contributed by atoms with Crippen molar-refractivity contribution in [3.05, 3.63) is 93.6 Å². The molecule has 0 amide bonds. The molecule has 7 nitrogen and oxygen atoms in total. The molecule has 0 bridgehead atoms. The summed E-state index contributed by atoms with van der Waals surface area (Å²) >= 11 is 0. The Morgan fingerprint density at radius 3 is 2.14 bits per heavy atom. The number of rotatable bonds is 4. The number of nitrogens with one attached hydrogen (secondary N) is 3. The van der Waals surface area contributed by atoms with Gasteiger partial charge in [-0.05, 0) is 41.5 Å². The molecule has 3 N–H and O–H groups in total. The summed E-state index contributed by atoms with van der Waals surface area (Å²) in [5.74, 6) is 0. The standard InChI is InChI=1S/C20H15N3O4S/c24-19-17-12-16(10-11-18(17)21-20(25)22-19)28(26,27)23-15-8-6-14(7-9-15)13-4-2-1-3-5-13/h1-12,23H,(H2,21,22,24,25). The predicted molar refractivity (Wildman–Crippen MR) is 108 cm³/mol. The van der Waals surface area contributed by atoms with E-state index in [9.17, 15) is 18.0 Å². The topological polar surface area (TPSA) is 112 Å². The van der Waals surface area contributed by atoms with E-state index >= 15 is 0 Å². The molecule has 140 valence electrons. The third-order valence-electron chi connectivity index (χ3n) is 4.27. The van der Waals surface area contributed by atoms with Crippen LogP contribution in [0.25, 0.3) is 22.0 Å². The second-order valence-corrected chi connectivity index (χ2v) is 7.85. The first-order valence-electron chi connectivity index (χ1n) is 8.37. The average molecular weight is 393 g/mol. The van der Waals surface area contributed by atoms with Crippen LogP contribution < -0.4 is 16.0 Å². The molecule has 3 aromatic carbocycles. The van der Waals surface area contributed by atoms with Crippen molar-refractivity contribution in [2.75, 3.05) is 4.72 Å². The van der Waals surface area contributed by atoms with Crippen LogP contribution in [0.3, 0.4) is 0 Å². The van der Waals surface area contributed by atoms with Crippen LogP contribution in [0.1, 0.15) is 0 Å². The van der Waals surface area contributed by atoms with Gasteiger partial charge in [-0.1, -0.05) is 42.5 Å². The first-order valence-corrected chi connectivity index (χ1v) is 9.85. The van der Waals surface area contributed by atoms with Gasteiger partial charge in [0.15, 0.2) is 0 Å². The van der Waals surface area contributed by atoms with Crippen LogP contribution in [0, 0.1) is 0 Å². The van der Waals surface area contributed by atoms with Gasteiger partial charge in [0.1, 0.15) is 0 Å². The van der Waals surface area contributed by atoms with E-state index in [0.717, 1.165) is 11.1 Å². The molecule has 0 unspecified atom stereocenters. The van der Waals surface area contributed by atoms with Crippen molar-refractivity contribution in [2.45, 2.75) is 4.90 Å². The highest BCUT2D eigenvalue weighted by Crippen LogP contribution is 2.23. The molecule has 8 heteroatoms. The van der Waals surface area contributed by atoms with E-state index in [2.05, 4.69) is 14.7 Å². The van der Waals surface area contributed by atoms with Gasteiger partial charge in [0.2, 0.25) is 0 Å². The summed E-state index contributed by atoms with van der Waals surface area (Å²) in [5, 5.41) is 0.0851. The van der Waals surface area contributed by atoms with E-state index in [1.807, 2.05) is 42.5 Å². The maximum Gasteiger partial charge on any atom is 0.326 e. The Morgan fingerprint density at radius 1 is 0.750 bits per heavy atom. The predicted octanol–water partition coefficient (Wildman–Crippen LogP) is 2.68. The number of hydrogen-bond acceptors (Lipinski definition) is 4. The van der Waals surface area contributed by atoms with E-state index < -0.39 is 21.3 Å². The smallest absolute Gasteiger partial charge is 0.307 e. The van der Waals surface area contributed by atoms with E-state index in [1.54, 1.807) is 12.1 Å². The largest absolute Gasteiger partial charge is 0.326 e. The number of anilines is 1. The average Bonchev–Trinajstić information content (AvgIpc) is 2.68. The SMILES string of the molecule is O=c1[nH]c(=O)c2cc(S(=O)(=O)Nc3ccc(-c4ccccc4)cc3)ccc2[nH]1. The fourth-order valence-corrected chi connectivity index (χ4v) is 3.97. The molecule has 28 heavy (non-hydrogen) atoms. The van der Waals surface area contributed by atoms with Crippen LogP contribution in [0.15, 0.2) is 87.3 Å². The molecule has 0 aliphatic heterocycles. The summed E-state index contributed by atoms with van der Waals surface area (Å²) in [6.07, 6.45) is 0. The Kier molecular flexibility index (Phi) is 4.32. The van der Waals surface area contributed by atoms with Gasteiger partial charge in [0.25, 0.3) is 15.6 Å². The maximum atomic E-state index is 12.7. The molecule has 0 saturated carbocycles. The summed E-state index contributed by atoms with van der Waals surface area (Å²) in [7, 11) is -3.90. The van der Waals surface area contributed by atoms with Gasteiger partial charge in [-0.3, -0.25) is 14.5 Å². The normalized spacial score (nSPS) is 11.4. The Labute approximate surface area is 159 Å². The molecule has 0 spiro atoms. The van der Waals surface area contributed by atoms with Crippen molar-refractivity contribution in [1.82, 2.24) is 9.97 Å². The van der Waals surface area contributed by atoms with Crippen LogP contribution in [0.5, 0.6) is 0 Å². The fraction of sp³-hybridized carbons (Fsp3) is 0. The van der Waals surface area contributed by atoms with Crippen LogP contribution in [0.4, 0.5) is 5.69 Å². The summed E-state index contributed by atoms with van der Waals surface area (Å²) < 4.78 is 27.9. The van der Waals surface area contributed by atoms with Crippen LogP contribution in [-0.2, 0) is 10.0 Å². The van der Waals surface area contributed by atoms with Crippen LogP contribution in [-0.4, -0.2) is 18.4 Å². The minimum absolute atomic E-state index is 0.0790. The van der Waals surface area contributed by atoms with Crippen molar-refractivity contribution >= 4 is 26.6 Å². The van der Waals surface area contributed by atoms with E-state index in [1.165, 1.54) is 18.2 Å². The van der Waals surface area contributed by atoms with Crippen molar-refractivity contribution in [3.63, 3.8) is 0 Å². The number of aromatic nitrogens is 2. The van der Waals surface area contributed by atoms with Crippen molar-refractivity contribution in [2.24, 2.45) is 0 Å². The Bertz CT molecular complexity index is 1370. The van der Waals surface area contributed by atoms with E-state index in [-0.39, 0.29) is 15.8 Å². The minimum Gasteiger partial charge on any atom is -0.307 e. The van der Waals surface area contributed by atoms with Crippen molar-refractivity contribution < 1.29 is 8.42 Å². The molecule has 0 atom stereocenters. The van der Waals surface area contributed by atoms with Gasteiger partial charge in [-0.25, -0.2) is 13.2 Å². The van der Waals surface area contributed by atoms with Crippen LogP contribution in [0.2, 0.25) is 0 Å². The number of sulfonamides is 1. The third kappa shape index (κ3) is 3.45. The lowest BCUT2D eigenvalue weighted by Gasteiger charge is -2.10. The highest BCUT2D eigenvalue weighted by molar-refractivity contribution is 7.92. The molecule has 0 fully saturated rings. The van der Waals surface area contributed by atoms with Gasteiger partial charge in [0.05, 0.1) is 15.8 Å². The first-order chi connectivity index (χ1) is 13.4. The quantitative estimate of drug-likeness (QED) is 0.495. The summed E-state index contributed by atoms with van der Waals surface area (Å²) in [6, 6.07) is 20.7. The lowest BCUT2D eigenvalue weighted by molar-refractivity contribution is 0.601. The number of fused-ring (bicyclic) bond motifs is 1. The number of hydrogen-bond donors (Lipinski definition) is 3. The molecule has 4 rings (SSSR count). The van der Waals surface area contributed by atoms with Gasteiger partial charge in [-0.2, -0.15) is 0 Å². The second-order valence-electron chi connectivity index (χ2n) is 6.16. The molecule has 0 aliphatic carbocycles. The highest BCUT2D eigenvalue weighted by Gasteiger charge is 2.16. The Hall–Kier alpha value is -3.65. The fourth-order valence-electron chi connectivity index (χ4n) is 2.89. The zero-order valence-electron chi connectivity index (χ0n) is 14.5. The molecule has 1 heterocycles. The summed E-state index contributed by atoms with van der Waals surface area (Å²) in [4.78, 5) is 27.7. The first kappa shape index (κ1) is 17.7. The molecule has 0 saturated heterocycles. The third-order valence-corrected chi connectivity index (χ3v) is 5.64. The number of aromatic amines is 2. The van der Waals surface area contributed by atoms with Gasteiger partial charge >= 0.3 is 5.69 Å². The van der Waals surface area contributed by atoms with E-state index in [4.69, 9.17) is 0 Å². The lowest BCUT2D eigenvalue weighted by atomic mass is 10.1. The molecular formula is C20H15N3O4S. The van der Waals surface area contributed by atoms with Crippen molar-refractivity contribution in [3.8, 4) is 11.1 Å². The van der Waals surface area contributed by atoms with E-state index in [0.29, 0.717) is 5.69 Å². The molecule has 1 aromatic heterocycles. The van der Waals surface area contributed by atoms with Gasteiger partial charge in [0, 0.05) is 5.69 Å². The Morgan fingerprint density at radius 2 is 1.43 bits per heavy atom. The maximum absolute atomic E-state index is 12.7. The minimum atomic E-state index is -3.90. The molecular weight excluding hydrogens is 378 g/mol. The van der Waals surface area contributed by atoms with Crippen molar-refractivity contribution in [1.29, 1.82) is 0 Å². The lowest BCUT2D eigenvalue weighted by Crippen LogP contribution is -2.22. The molecule has 4 aromatic rings. The van der Waals surface area contributed by atoms with Crippen LogP contribution >= 0.6 is 0 Å². The highest BCUT2D eigenvalue weighted by atomic mass is 32.2. The number of benzene rings is 3. The zero-order valence-corrected chi connectivity index (χ0v) is 15.3. The second kappa shape index (κ2) is 6.82. The van der Waals surface area contributed by atoms with Gasteiger partial charge in [-0.15, -0.1) is 0 Å². The van der Waals surface area contributed by atoms with Gasteiger partial charge < -0.3 is 4.98 Å². The molecule has 0 aliphatic rings. The molecule has 0 radical (unpaired) electrons. The summed E-state index contributed by atoms with van der Waals surface area (Å²) in [6.45, 7) is 0. The monoisotopic (exact) mass is 393 g/mol. The zero-order chi connectivity index (χ0) is 19.7. The Balaban J connectivity index is 1.65. The summed E-state index contributed by atoms with van der Waals surface area (Å²) in [5.41, 5.74) is 1.35.